The fourth-order valence-corrected chi connectivity index (χ4v) is 4.00. The Kier molecular flexibility index (Phi) is 6.72. The first kappa shape index (κ1) is 21.8. The van der Waals surface area contributed by atoms with Crippen molar-refractivity contribution < 1.29 is 28.9 Å². The van der Waals surface area contributed by atoms with Gasteiger partial charge in [-0.25, -0.2) is 0 Å². The van der Waals surface area contributed by atoms with Crippen LogP contribution < -0.4 is 14.2 Å². The van der Waals surface area contributed by atoms with Crippen molar-refractivity contribution in [1.82, 2.24) is 4.90 Å². The molecule has 1 aliphatic heterocycles. The van der Waals surface area contributed by atoms with Crippen LogP contribution in [0.15, 0.2) is 36.4 Å². The Balaban J connectivity index is 2.22. The molecule has 0 spiro atoms. The van der Waals surface area contributed by atoms with Gasteiger partial charge < -0.3 is 24.2 Å². The van der Waals surface area contributed by atoms with E-state index in [0.29, 0.717) is 52.8 Å². The third-order valence-electron chi connectivity index (χ3n) is 5.29. The highest BCUT2D eigenvalue weighted by Crippen LogP contribution is 2.46. The van der Waals surface area contributed by atoms with Gasteiger partial charge in [0.1, 0.15) is 11.7 Å². The smallest absolute Gasteiger partial charge is 0.313 e. The van der Waals surface area contributed by atoms with Crippen LogP contribution in [0.1, 0.15) is 39.9 Å². The summed E-state index contributed by atoms with van der Waals surface area (Å²) in [5, 5.41) is 10.2. The van der Waals surface area contributed by atoms with Gasteiger partial charge in [-0.2, -0.15) is 0 Å². The molecule has 160 valence electrons. The molecule has 0 unspecified atom stereocenters. The van der Waals surface area contributed by atoms with E-state index >= 15 is 0 Å². The van der Waals surface area contributed by atoms with E-state index in [0.717, 1.165) is 0 Å². The summed E-state index contributed by atoms with van der Waals surface area (Å²) < 4.78 is 15.9. The molecule has 7 nitrogen and oxygen atoms in total. The molecule has 30 heavy (non-hydrogen) atoms. The van der Waals surface area contributed by atoms with Crippen molar-refractivity contribution in [2.24, 2.45) is 0 Å². The highest BCUT2D eigenvalue weighted by Gasteiger charge is 2.44. The minimum absolute atomic E-state index is 0.269. The van der Waals surface area contributed by atoms with Crippen LogP contribution in [0.2, 0.25) is 0 Å². The van der Waals surface area contributed by atoms with Crippen LogP contribution in [0.25, 0.3) is 0 Å². The second kappa shape index (κ2) is 9.26. The van der Waals surface area contributed by atoms with Crippen molar-refractivity contribution in [3.63, 3.8) is 0 Å². The summed E-state index contributed by atoms with van der Waals surface area (Å²) in [5.41, 5.74) is 1.39. The maximum atomic E-state index is 13.4. The predicted molar refractivity (Wildman–Crippen MR) is 112 cm³/mol. The topological polar surface area (TPSA) is 85.3 Å². The van der Waals surface area contributed by atoms with Gasteiger partial charge in [0.15, 0.2) is 11.5 Å². The zero-order valence-corrected chi connectivity index (χ0v) is 17.8. The molecule has 1 aliphatic rings. The second-order valence-corrected chi connectivity index (χ2v) is 7.25. The first-order valence-corrected chi connectivity index (χ1v) is 9.99. The van der Waals surface area contributed by atoms with Gasteiger partial charge in [-0.05, 0) is 41.8 Å². The number of carbonyl (C=O) groups excluding carboxylic acids is 1. The number of rotatable bonds is 8. The number of ether oxygens (including phenoxy) is 3. The highest BCUT2D eigenvalue weighted by atomic mass is 35.5. The van der Waals surface area contributed by atoms with Crippen molar-refractivity contribution in [2.75, 3.05) is 33.8 Å². The monoisotopic (exact) mass is 433 g/mol. The number of amides is 1. The van der Waals surface area contributed by atoms with Crippen LogP contribution in [0.4, 0.5) is 0 Å². The number of methoxy groups -OCH3 is 3. The third-order valence-corrected chi connectivity index (χ3v) is 5.56. The largest absolute Gasteiger partial charge is 0.497 e. The van der Waals surface area contributed by atoms with E-state index in [2.05, 4.69) is 0 Å². The number of carboxylic acid groups (broad SMARTS) is 1. The molecule has 1 heterocycles. The Morgan fingerprint density at radius 2 is 1.70 bits per heavy atom. The summed E-state index contributed by atoms with van der Waals surface area (Å²) in [6.45, 7) is 0.330. The lowest BCUT2D eigenvalue weighted by atomic mass is 9.79. The summed E-state index contributed by atoms with van der Waals surface area (Å²) in [5.74, 6) is -0.544. The van der Waals surface area contributed by atoms with E-state index in [1.54, 1.807) is 48.4 Å². The zero-order chi connectivity index (χ0) is 21.8. The molecule has 8 heteroatoms. The van der Waals surface area contributed by atoms with Gasteiger partial charge in [0.05, 0.1) is 27.4 Å². The van der Waals surface area contributed by atoms with Gasteiger partial charge in [0.25, 0.3) is 5.91 Å². The predicted octanol–water partition coefficient (Wildman–Crippen LogP) is 3.71. The molecule has 2 aromatic rings. The van der Waals surface area contributed by atoms with Crippen molar-refractivity contribution in [1.29, 1.82) is 0 Å². The number of carbonyl (C=O) groups is 2. The molecule has 1 amide bonds. The van der Waals surface area contributed by atoms with Crippen LogP contribution in [-0.2, 0) is 4.79 Å². The fraction of sp³-hybridized carbons (Fsp3) is 0.364. The van der Waals surface area contributed by atoms with Crippen LogP contribution in [0, 0.1) is 0 Å². The van der Waals surface area contributed by atoms with Crippen molar-refractivity contribution in [2.45, 2.75) is 18.4 Å². The maximum Gasteiger partial charge on any atom is 0.313 e. The standard InChI is InChI=1S/C22H24ClNO6/c1-28-14-7-5-13(6-8-14)20-19(22(26)27)15-11-17(29-2)18(30-3)12-16(15)21(25)24(20)10-4-9-23/h5-8,11-12,19-20H,4,9-10H2,1-3H3,(H,26,27)/t19-,20-/m1/s1. The summed E-state index contributed by atoms with van der Waals surface area (Å²) in [6, 6.07) is 9.50. The molecule has 1 N–H and O–H groups in total. The van der Waals surface area contributed by atoms with Crippen molar-refractivity contribution in [3.8, 4) is 17.2 Å². The SMILES string of the molecule is COc1ccc([C@@H]2[C@H](C(=O)O)c3cc(OC)c(OC)cc3C(=O)N2CCCCl)cc1. The number of alkyl halides is 1. The van der Waals surface area contributed by atoms with E-state index < -0.39 is 17.9 Å². The quantitative estimate of drug-likeness (QED) is 0.639. The number of fused-ring (bicyclic) bond motifs is 1. The highest BCUT2D eigenvalue weighted by molar-refractivity contribution is 6.17. The van der Waals surface area contributed by atoms with Crippen LogP contribution in [0.3, 0.4) is 0 Å². The van der Waals surface area contributed by atoms with E-state index in [1.807, 2.05) is 0 Å². The number of carboxylic acids is 1. The average molecular weight is 434 g/mol. The lowest BCUT2D eigenvalue weighted by Crippen LogP contribution is -2.45. The summed E-state index contributed by atoms with van der Waals surface area (Å²) in [6.07, 6.45) is 0.537. The van der Waals surface area contributed by atoms with E-state index in [9.17, 15) is 14.7 Å². The first-order chi connectivity index (χ1) is 14.5. The Labute approximate surface area is 180 Å². The third kappa shape index (κ3) is 3.89. The zero-order valence-electron chi connectivity index (χ0n) is 17.1. The number of aliphatic carboxylic acids is 1. The van der Waals surface area contributed by atoms with E-state index in [1.165, 1.54) is 14.2 Å². The van der Waals surface area contributed by atoms with Gasteiger partial charge in [-0.1, -0.05) is 12.1 Å². The fourth-order valence-electron chi connectivity index (χ4n) is 3.88. The van der Waals surface area contributed by atoms with Gasteiger partial charge in [-0.15, -0.1) is 11.6 Å². The molecule has 0 aromatic heterocycles. The lowest BCUT2D eigenvalue weighted by molar-refractivity contribution is -0.140. The number of benzene rings is 2. The van der Waals surface area contributed by atoms with Gasteiger partial charge in [0, 0.05) is 18.0 Å². The molecule has 2 aromatic carbocycles. The minimum atomic E-state index is -1.03. The normalized spacial score (nSPS) is 18.0. The molecule has 0 radical (unpaired) electrons. The molecule has 0 saturated heterocycles. The van der Waals surface area contributed by atoms with Gasteiger partial charge in [0.2, 0.25) is 0 Å². The molecule has 3 rings (SSSR count). The van der Waals surface area contributed by atoms with Crippen molar-refractivity contribution >= 4 is 23.5 Å². The number of hydrogen-bond donors (Lipinski definition) is 1. The Morgan fingerprint density at radius 3 is 2.23 bits per heavy atom. The Morgan fingerprint density at radius 1 is 1.07 bits per heavy atom. The molecule has 0 bridgehead atoms. The van der Waals surface area contributed by atoms with Crippen molar-refractivity contribution in [3.05, 3.63) is 53.1 Å². The van der Waals surface area contributed by atoms with Gasteiger partial charge >= 0.3 is 5.97 Å². The molecule has 2 atom stereocenters. The summed E-state index contributed by atoms with van der Waals surface area (Å²) in [4.78, 5) is 27.5. The Hall–Kier alpha value is -2.93. The minimum Gasteiger partial charge on any atom is -0.497 e. The second-order valence-electron chi connectivity index (χ2n) is 6.87. The van der Waals surface area contributed by atoms with Gasteiger partial charge in [-0.3, -0.25) is 9.59 Å². The Bertz CT molecular complexity index is 930. The molecule has 0 saturated carbocycles. The lowest BCUT2D eigenvalue weighted by Gasteiger charge is -2.41. The summed E-state index contributed by atoms with van der Waals surface area (Å²) in [7, 11) is 4.50. The van der Waals surface area contributed by atoms with Crippen LogP contribution in [0.5, 0.6) is 17.2 Å². The maximum absolute atomic E-state index is 13.4. The van der Waals surface area contributed by atoms with Crippen LogP contribution >= 0.6 is 11.6 Å². The first-order valence-electron chi connectivity index (χ1n) is 9.46. The number of nitrogens with zero attached hydrogens (tertiary/aromatic N) is 1. The molecule has 0 aliphatic carbocycles. The molecule has 0 fully saturated rings. The van der Waals surface area contributed by atoms with E-state index in [4.69, 9.17) is 25.8 Å². The average Bonchev–Trinajstić information content (AvgIpc) is 2.77. The van der Waals surface area contributed by atoms with E-state index in [-0.39, 0.29) is 5.91 Å². The summed E-state index contributed by atoms with van der Waals surface area (Å²) >= 11 is 5.88. The number of hydrogen-bond acceptors (Lipinski definition) is 5. The molecular weight excluding hydrogens is 410 g/mol. The number of halogens is 1. The molecular formula is C22H24ClNO6. The van der Waals surface area contributed by atoms with Crippen LogP contribution in [-0.4, -0.2) is 55.6 Å².